The van der Waals surface area contributed by atoms with Gasteiger partial charge in [-0.25, -0.2) is 0 Å². The second kappa shape index (κ2) is 2.61. The summed E-state index contributed by atoms with van der Waals surface area (Å²) in [5.41, 5.74) is 3.04. The summed E-state index contributed by atoms with van der Waals surface area (Å²) in [5, 5.41) is 0. The number of hydrogen-bond acceptors (Lipinski definition) is 1. The SMILES string of the molecule is C[Si](C)(C)[C@H]1[C@@H]2C(=O)c3ccccc3[C@@H]21. The molecule has 1 aromatic rings. The molecule has 0 unspecified atom stereocenters. The van der Waals surface area contributed by atoms with Crippen LogP contribution in [-0.2, 0) is 0 Å². The molecule has 78 valence electrons. The van der Waals surface area contributed by atoms with E-state index in [1.54, 1.807) is 0 Å². The Morgan fingerprint density at radius 3 is 2.40 bits per heavy atom. The first kappa shape index (κ1) is 9.34. The van der Waals surface area contributed by atoms with Crippen LogP contribution in [0.15, 0.2) is 24.3 Å². The van der Waals surface area contributed by atoms with Gasteiger partial charge in [-0.05, 0) is 17.0 Å². The molecule has 3 rings (SSSR count). The van der Waals surface area contributed by atoms with E-state index >= 15 is 0 Å². The summed E-state index contributed by atoms with van der Waals surface area (Å²) < 4.78 is 0. The van der Waals surface area contributed by atoms with Crippen LogP contribution < -0.4 is 0 Å². The van der Waals surface area contributed by atoms with Crippen molar-refractivity contribution in [1.82, 2.24) is 0 Å². The topological polar surface area (TPSA) is 17.1 Å². The smallest absolute Gasteiger partial charge is 0.166 e. The second-order valence-electron chi connectivity index (χ2n) is 5.89. The highest BCUT2D eigenvalue weighted by atomic mass is 28.3. The van der Waals surface area contributed by atoms with Crippen LogP contribution in [0.3, 0.4) is 0 Å². The lowest BCUT2D eigenvalue weighted by Crippen LogP contribution is -2.24. The maximum atomic E-state index is 12.1. The van der Waals surface area contributed by atoms with Crippen molar-refractivity contribution in [3.8, 4) is 0 Å². The van der Waals surface area contributed by atoms with Crippen molar-refractivity contribution in [2.75, 3.05) is 0 Å². The summed E-state index contributed by atoms with van der Waals surface area (Å²) in [4.78, 5) is 12.1. The largest absolute Gasteiger partial charge is 0.294 e. The highest BCUT2D eigenvalue weighted by Crippen LogP contribution is 2.68. The van der Waals surface area contributed by atoms with Gasteiger partial charge >= 0.3 is 0 Å². The van der Waals surface area contributed by atoms with Gasteiger partial charge in [0.15, 0.2) is 5.78 Å². The number of benzene rings is 1. The molecule has 0 aromatic heterocycles. The Hall–Kier alpha value is -0.893. The molecule has 0 N–H and O–H groups in total. The minimum Gasteiger partial charge on any atom is -0.294 e. The molecule has 0 spiro atoms. The first-order valence-corrected chi connectivity index (χ1v) is 9.22. The fraction of sp³-hybridized carbons (Fsp3) is 0.462. The Labute approximate surface area is 91.5 Å². The lowest BCUT2D eigenvalue weighted by atomic mass is 10.1. The molecule has 2 aliphatic rings. The van der Waals surface area contributed by atoms with Crippen LogP contribution in [0.1, 0.15) is 21.8 Å². The molecule has 0 aliphatic heterocycles. The Balaban J connectivity index is 2.05. The van der Waals surface area contributed by atoms with E-state index < -0.39 is 8.07 Å². The molecule has 2 heteroatoms. The van der Waals surface area contributed by atoms with Crippen LogP contribution in [-0.4, -0.2) is 13.9 Å². The first-order valence-electron chi connectivity index (χ1n) is 5.65. The molecule has 3 atom stereocenters. The minimum absolute atomic E-state index is 0.356. The monoisotopic (exact) mass is 216 g/mol. The van der Waals surface area contributed by atoms with Crippen LogP contribution in [0.5, 0.6) is 0 Å². The van der Waals surface area contributed by atoms with Gasteiger partial charge in [0.05, 0.1) is 0 Å². The van der Waals surface area contributed by atoms with Crippen LogP contribution in [0.4, 0.5) is 0 Å². The number of hydrogen-bond donors (Lipinski definition) is 0. The Bertz CT molecular complexity index is 444. The summed E-state index contributed by atoms with van der Waals surface area (Å²) >= 11 is 0. The molecule has 1 saturated carbocycles. The van der Waals surface area contributed by atoms with E-state index in [0.29, 0.717) is 23.2 Å². The molecule has 0 heterocycles. The molecule has 0 saturated heterocycles. The van der Waals surface area contributed by atoms with E-state index in [9.17, 15) is 4.79 Å². The van der Waals surface area contributed by atoms with Gasteiger partial charge in [-0.15, -0.1) is 0 Å². The number of ketones is 1. The fourth-order valence-electron chi connectivity index (χ4n) is 3.29. The van der Waals surface area contributed by atoms with E-state index in [-0.39, 0.29) is 0 Å². The summed E-state index contributed by atoms with van der Waals surface area (Å²) in [5.74, 6) is 1.36. The number of fused-ring (bicyclic) bond motifs is 3. The molecule has 2 aliphatic carbocycles. The molecule has 0 radical (unpaired) electrons. The summed E-state index contributed by atoms with van der Waals surface area (Å²) in [6.07, 6.45) is 0. The van der Waals surface area contributed by atoms with Crippen molar-refractivity contribution >= 4 is 13.9 Å². The Morgan fingerprint density at radius 1 is 1.07 bits per heavy atom. The molecule has 1 fully saturated rings. The zero-order valence-electron chi connectivity index (χ0n) is 9.45. The second-order valence-corrected chi connectivity index (χ2v) is 11.3. The van der Waals surface area contributed by atoms with Gasteiger partial charge in [0, 0.05) is 19.6 Å². The van der Waals surface area contributed by atoms with Crippen LogP contribution in [0.25, 0.3) is 0 Å². The Kier molecular flexibility index (Phi) is 1.63. The normalized spacial score (nSPS) is 32.5. The Morgan fingerprint density at radius 2 is 1.73 bits per heavy atom. The molecule has 1 nitrogen and oxygen atoms in total. The molecular formula is C13H16OSi. The van der Waals surface area contributed by atoms with Crippen molar-refractivity contribution in [3.63, 3.8) is 0 Å². The lowest BCUT2D eigenvalue weighted by molar-refractivity contribution is 0.0974. The van der Waals surface area contributed by atoms with E-state index in [2.05, 4.69) is 31.8 Å². The van der Waals surface area contributed by atoms with Crippen molar-refractivity contribution in [2.45, 2.75) is 31.1 Å². The molecule has 15 heavy (non-hydrogen) atoms. The zero-order chi connectivity index (χ0) is 10.8. The third kappa shape index (κ3) is 1.11. The number of carbonyl (C=O) groups is 1. The highest BCUT2D eigenvalue weighted by molar-refractivity contribution is 6.79. The molecule has 0 amide bonds. The fourth-order valence-corrected chi connectivity index (χ4v) is 6.08. The van der Waals surface area contributed by atoms with E-state index in [1.165, 1.54) is 5.56 Å². The molecule has 0 bridgehead atoms. The molecular weight excluding hydrogens is 200 g/mol. The average molecular weight is 216 g/mol. The van der Waals surface area contributed by atoms with Gasteiger partial charge < -0.3 is 0 Å². The van der Waals surface area contributed by atoms with Gasteiger partial charge in [-0.3, -0.25) is 4.79 Å². The van der Waals surface area contributed by atoms with E-state index in [1.807, 2.05) is 12.1 Å². The first-order chi connectivity index (χ1) is 7.02. The molecule has 1 aromatic carbocycles. The highest BCUT2D eigenvalue weighted by Gasteiger charge is 2.64. The van der Waals surface area contributed by atoms with Gasteiger partial charge in [0.25, 0.3) is 0 Å². The average Bonchev–Trinajstić information content (AvgIpc) is 2.85. The van der Waals surface area contributed by atoms with Crippen molar-refractivity contribution in [1.29, 1.82) is 0 Å². The maximum absolute atomic E-state index is 12.1. The minimum atomic E-state index is -1.15. The van der Waals surface area contributed by atoms with E-state index in [4.69, 9.17) is 0 Å². The van der Waals surface area contributed by atoms with Crippen molar-refractivity contribution < 1.29 is 4.79 Å². The predicted molar refractivity (Wildman–Crippen MR) is 64.1 cm³/mol. The maximum Gasteiger partial charge on any atom is 0.166 e. The van der Waals surface area contributed by atoms with Gasteiger partial charge in [-0.1, -0.05) is 43.9 Å². The summed E-state index contributed by atoms with van der Waals surface area (Å²) in [6, 6.07) is 8.18. The number of carbonyl (C=O) groups excluding carboxylic acids is 1. The number of rotatable bonds is 1. The van der Waals surface area contributed by atoms with Crippen LogP contribution in [0, 0.1) is 5.92 Å². The summed E-state index contributed by atoms with van der Waals surface area (Å²) in [6.45, 7) is 7.14. The third-order valence-corrected chi connectivity index (χ3v) is 6.63. The number of Topliss-reactive ketones (excluding diaryl/α,β-unsaturated/α-hetero) is 1. The summed E-state index contributed by atoms with van der Waals surface area (Å²) in [7, 11) is -1.15. The van der Waals surface area contributed by atoms with Gasteiger partial charge in [-0.2, -0.15) is 0 Å². The van der Waals surface area contributed by atoms with Crippen LogP contribution >= 0.6 is 0 Å². The predicted octanol–water partition coefficient (Wildman–Crippen LogP) is 3.30. The standard InChI is InChI=1S/C13H16OSi/c1-15(2,3)13-10-8-6-4-5-7-9(8)12(14)11(10)13/h4-7,10-11,13H,1-3H3/t10-,11-,13+/m0/s1. The van der Waals surface area contributed by atoms with E-state index in [0.717, 1.165) is 5.56 Å². The van der Waals surface area contributed by atoms with Crippen LogP contribution in [0.2, 0.25) is 25.2 Å². The van der Waals surface area contributed by atoms with Crippen molar-refractivity contribution in [3.05, 3.63) is 35.4 Å². The lowest BCUT2D eigenvalue weighted by Gasteiger charge is -2.18. The zero-order valence-corrected chi connectivity index (χ0v) is 10.4. The van der Waals surface area contributed by atoms with Gasteiger partial charge in [0.2, 0.25) is 0 Å². The third-order valence-electron chi connectivity index (χ3n) is 3.91. The van der Waals surface area contributed by atoms with Crippen molar-refractivity contribution in [2.24, 2.45) is 5.92 Å². The van der Waals surface area contributed by atoms with Gasteiger partial charge in [0.1, 0.15) is 0 Å². The quantitative estimate of drug-likeness (QED) is 0.658.